The van der Waals surface area contributed by atoms with Gasteiger partial charge in [-0.3, -0.25) is 15.0 Å². The lowest BCUT2D eigenvalue weighted by atomic mass is 9.61. The van der Waals surface area contributed by atoms with Crippen molar-refractivity contribution in [2.75, 3.05) is 54.3 Å². The fraction of sp³-hybridized carbons (Fsp3) is 0.929. The summed E-state index contributed by atoms with van der Waals surface area (Å²) in [5, 5.41) is 14.9. The number of piperidine rings is 3. The van der Waals surface area contributed by atoms with Crippen molar-refractivity contribution in [3.8, 4) is 0 Å². The third kappa shape index (κ3) is 6.70. The van der Waals surface area contributed by atoms with E-state index >= 15 is 0 Å². The Bertz CT molecular complexity index is 1150. The molecule has 0 spiro atoms. The first-order valence-electron chi connectivity index (χ1n) is 21.0. The van der Waals surface area contributed by atoms with Crippen LogP contribution in [0.3, 0.4) is 0 Å². The van der Waals surface area contributed by atoms with Crippen molar-refractivity contribution in [1.82, 2.24) is 30.0 Å². The molecule has 0 saturated carbocycles. The third-order valence-electron chi connectivity index (χ3n) is 16.3. The standard InChI is InChI=1S/C42H81N9/c1-19-31-25-28-49(40(13,14)37(31,7)8)46(22-4)34-43-35(47(23-5)50-29-26-32(20-2)38(9,10)41(50,15)16)45-36(44-34)48(24-6)51-30-27-33(21-3)39(11,12)42(51,17)18/h31-33H,19-30H2,1-18H3. The van der Waals surface area contributed by atoms with E-state index < -0.39 is 0 Å². The minimum Gasteiger partial charge on any atom is -0.273 e. The first kappa shape index (κ1) is 42.0. The summed E-state index contributed by atoms with van der Waals surface area (Å²) in [6.07, 6.45) is 7.12. The van der Waals surface area contributed by atoms with Gasteiger partial charge >= 0.3 is 0 Å². The maximum atomic E-state index is 5.48. The van der Waals surface area contributed by atoms with Gasteiger partial charge in [-0.15, -0.1) is 0 Å². The maximum Gasteiger partial charge on any atom is 0.246 e. The lowest BCUT2D eigenvalue weighted by molar-refractivity contribution is -0.0817. The van der Waals surface area contributed by atoms with Crippen molar-refractivity contribution in [3.63, 3.8) is 0 Å². The Morgan fingerprint density at radius 3 is 0.824 bits per heavy atom. The van der Waals surface area contributed by atoms with Gasteiger partial charge in [0, 0.05) is 55.9 Å². The molecule has 0 N–H and O–H groups in total. The van der Waals surface area contributed by atoms with E-state index in [1.807, 2.05) is 0 Å². The molecule has 3 aliphatic rings. The highest BCUT2D eigenvalue weighted by Crippen LogP contribution is 2.52. The van der Waals surface area contributed by atoms with E-state index in [0.29, 0.717) is 17.8 Å². The van der Waals surface area contributed by atoms with E-state index in [9.17, 15) is 0 Å². The van der Waals surface area contributed by atoms with Gasteiger partial charge in [-0.1, -0.05) is 81.6 Å². The average Bonchev–Trinajstić information content (AvgIpc) is 3.05. The number of nitrogens with zero attached hydrogens (tertiary/aromatic N) is 9. The minimum atomic E-state index is -0.0914. The Balaban J connectivity index is 1.92. The predicted molar refractivity (Wildman–Crippen MR) is 218 cm³/mol. The lowest BCUT2D eigenvalue weighted by Gasteiger charge is -2.60. The molecule has 3 saturated heterocycles. The zero-order chi connectivity index (χ0) is 38.5. The number of anilines is 3. The Kier molecular flexibility index (Phi) is 12.2. The molecule has 0 aromatic carbocycles. The zero-order valence-electron chi connectivity index (χ0n) is 36.7. The first-order valence-corrected chi connectivity index (χ1v) is 21.0. The Morgan fingerprint density at radius 1 is 0.431 bits per heavy atom. The van der Waals surface area contributed by atoms with Gasteiger partial charge in [-0.25, -0.2) is 15.0 Å². The SMILES string of the molecule is CCC1CCN(N(CC)c2nc(N(CC)N3CCC(CC)C(C)(C)C3(C)C)nc(N(CC)N3CCC(CC)C(C)(C)C3(C)C)n2)C(C)(C)C1(C)C. The number of hydrazine groups is 3. The molecule has 9 heteroatoms. The molecule has 9 nitrogen and oxygen atoms in total. The molecule has 1 aromatic heterocycles. The molecule has 0 amide bonds. The lowest BCUT2D eigenvalue weighted by Crippen LogP contribution is -2.67. The summed E-state index contributed by atoms with van der Waals surface area (Å²) in [6.45, 7) is 48.6. The number of hydrogen-bond donors (Lipinski definition) is 0. The Morgan fingerprint density at radius 2 is 0.647 bits per heavy atom. The van der Waals surface area contributed by atoms with Gasteiger partial charge in [0.05, 0.1) is 0 Å². The van der Waals surface area contributed by atoms with Gasteiger partial charge in [-0.05, 0) is 116 Å². The number of rotatable bonds is 12. The van der Waals surface area contributed by atoms with Crippen molar-refractivity contribution in [2.45, 2.75) is 180 Å². The monoisotopic (exact) mass is 712 g/mol. The largest absolute Gasteiger partial charge is 0.273 e. The second-order valence-electron chi connectivity index (χ2n) is 19.3. The van der Waals surface area contributed by atoms with Crippen molar-refractivity contribution in [3.05, 3.63) is 0 Å². The van der Waals surface area contributed by atoms with Crippen LogP contribution in [0.5, 0.6) is 0 Å². The van der Waals surface area contributed by atoms with E-state index in [1.54, 1.807) is 0 Å². The van der Waals surface area contributed by atoms with Crippen LogP contribution in [0.4, 0.5) is 17.8 Å². The summed E-state index contributed by atoms with van der Waals surface area (Å²) in [4.78, 5) is 16.5. The topological polar surface area (TPSA) is 58.1 Å². The molecule has 4 rings (SSSR count). The van der Waals surface area contributed by atoms with Crippen LogP contribution in [0.2, 0.25) is 0 Å². The van der Waals surface area contributed by atoms with Crippen LogP contribution in [0, 0.1) is 34.0 Å². The fourth-order valence-corrected chi connectivity index (χ4v) is 10.6. The van der Waals surface area contributed by atoms with Crippen LogP contribution in [0.1, 0.15) is 163 Å². The van der Waals surface area contributed by atoms with Gasteiger partial charge < -0.3 is 0 Å². The van der Waals surface area contributed by atoms with Gasteiger partial charge in [0.1, 0.15) is 0 Å². The molecule has 3 fully saturated rings. The van der Waals surface area contributed by atoms with E-state index in [-0.39, 0.29) is 32.9 Å². The second kappa shape index (κ2) is 14.8. The summed E-state index contributed by atoms with van der Waals surface area (Å²) in [5.41, 5.74) is 0.0874. The molecule has 3 unspecified atom stereocenters. The van der Waals surface area contributed by atoms with E-state index in [4.69, 9.17) is 15.0 Å². The molecule has 294 valence electrons. The van der Waals surface area contributed by atoms with E-state index in [0.717, 1.165) is 57.1 Å². The molecule has 3 atom stereocenters. The molecule has 0 aliphatic carbocycles. The normalized spacial score (nSPS) is 28.7. The summed E-state index contributed by atoms with van der Waals surface area (Å²) in [7, 11) is 0. The van der Waals surface area contributed by atoms with Gasteiger partial charge in [0.2, 0.25) is 17.8 Å². The summed E-state index contributed by atoms with van der Waals surface area (Å²) >= 11 is 0. The first-order chi connectivity index (χ1) is 23.6. The Labute approximate surface area is 315 Å². The molecule has 51 heavy (non-hydrogen) atoms. The van der Waals surface area contributed by atoms with Crippen LogP contribution in [-0.2, 0) is 0 Å². The summed E-state index contributed by atoms with van der Waals surface area (Å²) in [5.74, 6) is 4.29. The van der Waals surface area contributed by atoms with Crippen molar-refractivity contribution < 1.29 is 0 Å². The third-order valence-corrected chi connectivity index (χ3v) is 16.3. The highest BCUT2D eigenvalue weighted by Gasteiger charge is 2.54. The molecule has 0 bridgehead atoms. The summed E-state index contributed by atoms with van der Waals surface area (Å²) < 4.78 is 0. The highest BCUT2D eigenvalue weighted by molar-refractivity contribution is 5.46. The van der Waals surface area contributed by atoms with Gasteiger partial charge in [-0.2, -0.15) is 15.0 Å². The maximum absolute atomic E-state index is 5.48. The second-order valence-corrected chi connectivity index (χ2v) is 19.3. The smallest absolute Gasteiger partial charge is 0.246 e. The quantitative estimate of drug-likeness (QED) is 0.211. The predicted octanol–water partition coefficient (Wildman–Crippen LogP) is 9.71. The minimum absolute atomic E-state index is 0.0914. The molecular formula is C42H81N9. The van der Waals surface area contributed by atoms with Crippen molar-refractivity contribution in [1.29, 1.82) is 0 Å². The molecule has 3 aliphatic heterocycles. The molecule has 4 heterocycles. The van der Waals surface area contributed by atoms with Crippen LogP contribution in [0.25, 0.3) is 0 Å². The van der Waals surface area contributed by atoms with Crippen LogP contribution >= 0.6 is 0 Å². The number of hydrogen-bond acceptors (Lipinski definition) is 9. The number of aromatic nitrogens is 3. The van der Waals surface area contributed by atoms with E-state index in [1.165, 1.54) is 38.5 Å². The van der Waals surface area contributed by atoms with Crippen LogP contribution in [0.15, 0.2) is 0 Å². The van der Waals surface area contributed by atoms with Gasteiger partial charge in [0.25, 0.3) is 0 Å². The highest BCUT2D eigenvalue weighted by atomic mass is 15.7. The molecular weight excluding hydrogens is 631 g/mol. The van der Waals surface area contributed by atoms with Crippen LogP contribution in [-0.4, -0.2) is 85.9 Å². The fourth-order valence-electron chi connectivity index (χ4n) is 10.6. The summed E-state index contributed by atoms with van der Waals surface area (Å²) in [6, 6.07) is 0. The van der Waals surface area contributed by atoms with Gasteiger partial charge in [0.15, 0.2) is 0 Å². The van der Waals surface area contributed by atoms with Crippen LogP contribution < -0.4 is 15.0 Å². The molecule has 0 radical (unpaired) electrons. The zero-order valence-corrected chi connectivity index (χ0v) is 36.7. The van der Waals surface area contributed by atoms with E-state index in [2.05, 4.69) is 155 Å². The van der Waals surface area contributed by atoms with Crippen molar-refractivity contribution in [2.24, 2.45) is 34.0 Å². The average molecular weight is 712 g/mol. The van der Waals surface area contributed by atoms with Crippen molar-refractivity contribution >= 4 is 17.8 Å². The molecule has 1 aromatic rings. The Hall–Kier alpha value is -1.71.